The molecule has 0 aliphatic carbocycles. The van der Waals surface area contributed by atoms with Gasteiger partial charge in [-0.2, -0.15) is 0 Å². The van der Waals surface area contributed by atoms with E-state index in [0.29, 0.717) is 13.0 Å². The molecule has 2 atom stereocenters. The number of rotatable bonds is 7. The molecule has 0 aromatic carbocycles. The average Bonchev–Trinajstić information content (AvgIpc) is 2.04. The Balaban J connectivity index is 3.68. The highest BCUT2D eigenvalue weighted by Crippen LogP contribution is 2.01. The van der Waals surface area contributed by atoms with Crippen molar-refractivity contribution in [1.29, 1.82) is 0 Å². The summed E-state index contributed by atoms with van der Waals surface area (Å²) >= 11 is 0. The van der Waals surface area contributed by atoms with Gasteiger partial charge in [-0.25, -0.2) is 4.79 Å². The molecule has 5 heteroatoms. The van der Waals surface area contributed by atoms with Crippen molar-refractivity contribution in [2.75, 3.05) is 13.1 Å². The van der Waals surface area contributed by atoms with E-state index in [0.717, 1.165) is 6.42 Å². The SMILES string of the molecule is CCCC(O)CNCC(C)(O)C(=O)O. The van der Waals surface area contributed by atoms with Gasteiger partial charge in [0, 0.05) is 13.1 Å². The number of carboxylic acid groups (broad SMARTS) is 1. The summed E-state index contributed by atoms with van der Waals surface area (Å²) < 4.78 is 0. The second kappa shape index (κ2) is 5.95. The number of hydrogen-bond donors (Lipinski definition) is 4. The molecule has 0 radical (unpaired) electrons. The monoisotopic (exact) mass is 205 g/mol. The second-order valence-electron chi connectivity index (χ2n) is 3.65. The number of aliphatic hydroxyl groups excluding tert-OH is 1. The van der Waals surface area contributed by atoms with Crippen molar-refractivity contribution in [2.45, 2.75) is 38.4 Å². The maximum atomic E-state index is 10.5. The van der Waals surface area contributed by atoms with Crippen molar-refractivity contribution in [1.82, 2.24) is 5.32 Å². The van der Waals surface area contributed by atoms with Gasteiger partial charge in [-0.15, -0.1) is 0 Å². The van der Waals surface area contributed by atoms with Gasteiger partial charge in [-0.05, 0) is 13.3 Å². The Bertz CT molecular complexity index is 182. The Labute approximate surface area is 83.8 Å². The van der Waals surface area contributed by atoms with Gasteiger partial charge in [0.25, 0.3) is 0 Å². The van der Waals surface area contributed by atoms with Crippen molar-refractivity contribution in [3.05, 3.63) is 0 Å². The van der Waals surface area contributed by atoms with Crippen molar-refractivity contribution in [3.8, 4) is 0 Å². The van der Waals surface area contributed by atoms with Crippen LogP contribution in [-0.4, -0.2) is 46.1 Å². The number of hydrogen-bond acceptors (Lipinski definition) is 4. The van der Waals surface area contributed by atoms with E-state index in [2.05, 4.69) is 5.32 Å². The van der Waals surface area contributed by atoms with E-state index in [1.807, 2.05) is 6.92 Å². The topological polar surface area (TPSA) is 89.8 Å². The number of carboxylic acids is 1. The van der Waals surface area contributed by atoms with Crippen molar-refractivity contribution >= 4 is 5.97 Å². The van der Waals surface area contributed by atoms with Gasteiger partial charge >= 0.3 is 5.97 Å². The summed E-state index contributed by atoms with van der Waals surface area (Å²) in [5.74, 6) is -1.27. The molecule has 2 unspecified atom stereocenters. The first-order valence-corrected chi connectivity index (χ1v) is 4.74. The van der Waals surface area contributed by atoms with E-state index < -0.39 is 17.7 Å². The minimum absolute atomic E-state index is 0.0664. The second-order valence-corrected chi connectivity index (χ2v) is 3.65. The van der Waals surface area contributed by atoms with E-state index in [4.69, 9.17) is 5.11 Å². The molecule has 0 aliphatic heterocycles. The Morgan fingerprint density at radius 1 is 1.57 bits per heavy atom. The molecule has 0 rings (SSSR count). The van der Waals surface area contributed by atoms with E-state index >= 15 is 0 Å². The lowest BCUT2D eigenvalue weighted by molar-refractivity contribution is -0.156. The molecule has 14 heavy (non-hydrogen) atoms. The third-order valence-electron chi connectivity index (χ3n) is 1.93. The third kappa shape index (κ3) is 5.16. The molecule has 0 aromatic rings. The molecule has 0 saturated heterocycles. The zero-order valence-electron chi connectivity index (χ0n) is 8.66. The maximum absolute atomic E-state index is 10.5. The fourth-order valence-electron chi connectivity index (χ4n) is 0.993. The summed E-state index contributed by atoms with van der Waals surface area (Å²) in [7, 11) is 0. The zero-order valence-corrected chi connectivity index (χ0v) is 8.66. The predicted molar refractivity (Wildman–Crippen MR) is 52.0 cm³/mol. The molecule has 0 spiro atoms. The summed E-state index contributed by atoms with van der Waals surface area (Å²) in [6.45, 7) is 3.41. The minimum atomic E-state index is -1.77. The largest absolute Gasteiger partial charge is 0.479 e. The molecule has 0 aliphatic rings. The summed E-state index contributed by atoms with van der Waals surface area (Å²) in [5, 5.41) is 29.9. The molecular formula is C9H19NO4. The fraction of sp³-hybridized carbons (Fsp3) is 0.889. The van der Waals surface area contributed by atoms with Gasteiger partial charge in [-0.1, -0.05) is 13.3 Å². The van der Waals surface area contributed by atoms with E-state index in [1.165, 1.54) is 6.92 Å². The highest BCUT2D eigenvalue weighted by Gasteiger charge is 2.29. The zero-order chi connectivity index (χ0) is 11.2. The Morgan fingerprint density at radius 3 is 2.57 bits per heavy atom. The Hall–Kier alpha value is -0.650. The van der Waals surface area contributed by atoms with Gasteiger partial charge < -0.3 is 20.6 Å². The van der Waals surface area contributed by atoms with E-state index in [9.17, 15) is 15.0 Å². The van der Waals surface area contributed by atoms with Crippen LogP contribution in [0.2, 0.25) is 0 Å². The van der Waals surface area contributed by atoms with Crippen LogP contribution in [0.5, 0.6) is 0 Å². The highest BCUT2D eigenvalue weighted by molar-refractivity contribution is 5.76. The summed E-state index contributed by atoms with van der Waals surface area (Å²) in [5.41, 5.74) is -1.77. The summed E-state index contributed by atoms with van der Waals surface area (Å²) in [6.07, 6.45) is 1.06. The van der Waals surface area contributed by atoms with Crippen molar-refractivity contribution < 1.29 is 20.1 Å². The number of aliphatic hydroxyl groups is 2. The first kappa shape index (κ1) is 13.4. The molecule has 0 amide bonds. The van der Waals surface area contributed by atoms with E-state index in [-0.39, 0.29) is 6.54 Å². The van der Waals surface area contributed by atoms with Crippen molar-refractivity contribution in [3.63, 3.8) is 0 Å². The quantitative estimate of drug-likeness (QED) is 0.453. The van der Waals surface area contributed by atoms with Gasteiger partial charge in [0.05, 0.1) is 6.10 Å². The van der Waals surface area contributed by atoms with Crippen LogP contribution in [-0.2, 0) is 4.79 Å². The van der Waals surface area contributed by atoms with Crippen LogP contribution in [0, 0.1) is 0 Å². The molecule has 0 aromatic heterocycles. The number of nitrogens with one attached hydrogen (secondary N) is 1. The molecule has 0 heterocycles. The predicted octanol–water partition coefficient (Wildman–Crippen LogP) is -0.427. The Morgan fingerprint density at radius 2 is 2.14 bits per heavy atom. The molecule has 0 saturated carbocycles. The van der Waals surface area contributed by atoms with E-state index in [1.54, 1.807) is 0 Å². The first-order valence-electron chi connectivity index (χ1n) is 4.74. The molecule has 5 nitrogen and oxygen atoms in total. The van der Waals surface area contributed by atoms with Crippen LogP contribution in [0.1, 0.15) is 26.7 Å². The Kier molecular flexibility index (Phi) is 5.68. The smallest absolute Gasteiger partial charge is 0.336 e. The maximum Gasteiger partial charge on any atom is 0.336 e. The lowest BCUT2D eigenvalue weighted by Crippen LogP contribution is -2.46. The average molecular weight is 205 g/mol. The molecule has 84 valence electrons. The molecule has 0 bridgehead atoms. The fourth-order valence-corrected chi connectivity index (χ4v) is 0.993. The van der Waals surface area contributed by atoms with Crippen LogP contribution in [0.3, 0.4) is 0 Å². The summed E-state index contributed by atoms with van der Waals surface area (Å²) in [6, 6.07) is 0. The third-order valence-corrected chi connectivity index (χ3v) is 1.93. The lowest BCUT2D eigenvalue weighted by atomic mass is 10.1. The van der Waals surface area contributed by atoms with Gasteiger partial charge in [0.15, 0.2) is 5.60 Å². The van der Waals surface area contributed by atoms with Crippen LogP contribution < -0.4 is 5.32 Å². The molecule has 0 fully saturated rings. The van der Waals surface area contributed by atoms with Gasteiger partial charge in [0.1, 0.15) is 0 Å². The van der Waals surface area contributed by atoms with Crippen LogP contribution in [0.15, 0.2) is 0 Å². The summed E-state index contributed by atoms with van der Waals surface area (Å²) in [4.78, 5) is 10.5. The first-order chi connectivity index (χ1) is 6.40. The van der Waals surface area contributed by atoms with Crippen LogP contribution >= 0.6 is 0 Å². The van der Waals surface area contributed by atoms with Gasteiger partial charge in [0.2, 0.25) is 0 Å². The van der Waals surface area contributed by atoms with Crippen molar-refractivity contribution in [2.24, 2.45) is 0 Å². The van der Waals surface area contributed by atoms with Crippen LogP contribution in [0.4, 0.5) is 0 Å². The normalized spacial score (nSPS) is 17.4. The molecule has 4 N–H and O–H groups in total. The lowest BCUT2D eigenvalue weighted by Gasteiger charge is -2.19. The van der Waals surface area contributed by atoms with Gasteiger partial charge in [-0.3, -0.25) is 0 Å². The number of aliphatic carboxylic acids is 1. The molecular weight excluding hydrogens is 186 g/mol. The standard InChI is InChI=1S/C9H19NO4/c1-3-4-7(11)5-10-6-9(2,14)8(12)13/h7,10-11,14H,3-6H2,1-2H3,(H,12,13). The number of carbonyl (C=O) groups is 1. The van der Waals surface area contributed by atoms with Crippen LogP contribution in [0.25, 0.3) is 0 Å². The highest BCUT2D eigenvalue weighted by atomic mass is 16.4. The minimum Gasteiger partial charge on any atom is -0.479 e.